The Hall–Kier alpha value is -3.54. The van der Waals surface area contributed by atoms with Crippen molar-refractivity contribution in [2.24, 2.45) is 0 Å². The summed E-state index contributed by atoms with van der Waals surface area (Å²) in [6.07, 6.45) is 0.915. The van der Waals surface area contributed by atoms with Crippen LogP contribution in [0.2, 0.25) is 0 Å². The van der Waals surface area contributed by atoms with Crippen molar-refractivity contribution in [1.82, 2.24) is 14.6 Å². The van der Waals surface area contributed by atoms with Gasteiger partial charge in [0.25, 0.3) is 0 Å². The first-order chi connectivity index (χ1) is 13.9. The second-order valence-corrected chi connectivity index (χ2v) is 7.20. The number of ketones is 1. The van der Waals surface area contributed by atoms with Crippen molar-refractivity contribution in [2.75, 3.05) is 5.32 Å². The van der Waals surface area contributed by atoms with Crippen molar-refractivity contribution in [3.05, 3.63) is 71.0 Å². The maximum atomic E-state index is 12.4. The molecule has 2 aromatic heterocycles. The highest BCUT2D eigenvalue weighted by Crippen LogP contribution is 2.23. The fraction of sp³-hybridized carbons (Fsp3) is 0.217. The van der Waals surface area contributed by atoms with Gasteiger partial charge in [-0.15, -0.1) is 0 Å². The molecule has 1 amide bonds. The van der Waals surface area contributed by atoms with Crippen molar-refractivity contribution in [1.29, 1.82) is 0 Å². The number of carbonyl (C=O) groups excluding carboxylic acids is 2. The lowest BCUT2D eigenvalue weighted by atomic mass is 10.1. The number of aryl methyl sites for hydroxylation is 2. The lowest BCUT2D eigenvalue weighted by Crippen LogP contribution is -2.14. The predicted molar refractivity (Wildman–Crippen MR) is 113 cm³/mol. The largest absolute Gasteiger partial charge is 0.326 e. The average molecular weight is 386 g/mol. The molecule has 6 heteroatoms. The first-order valence-electron chi connectivity index (χ1n) is 9.58. The van der Waals surface area contributed by atoms with E-state index in [1.165, 1.54) is 6.92 Å². The molecular formula is C23H22N4O2. The van der Waals surface area contributed by atoms with Crippen LogP contribution in [-0.4, -0.2) is 26.3 Å². The van der Waals surface area contributed by atoms with Gasteiger partial charge in [0.05, 0.1) is 5.52 Å². The summed E-state index contributed by atoms with van der Waals surface area (Å²) in [4.78, 5) is 28.5. The van der Waals surface area contributed by atoms with Gasteiger partial charge in [-0.2, -0.15) is 5.10 Å². The van der Waals surface area contributed by atoms with Gasteiger partial charge in [0.2, 0.25) is 5.91 Å². The van der Waals surface area contributed by atoms with E-state index < -0.39 is 0 Å². The van der Waals surface area contributed by atoms with Crippen LogP contribution in [0.25, 0.3) is 16.6 Å². The Morgan fingerprint density at radius 1 is 1.03 bits per heavy atom. The number of nitrogens with one attached hydrogen (secondary N) is 1. The minimum atomic E-state index is -0.0786. The number of aromatic nitrogens is 3. The normalized spacial score (nSPS) is 11.1. The van der Waals surface area contributed by atoms with Crippen molar-refractivity contribution in [2.45, 2.75) is 33.6 Å². The molecule has 0 saturated carbocycles. The van der Waals surface area contributed by atoms with E-state index in [1.807, 2.05) is 42.6 Å². The van der Waals surface area contributed by atoms with E-state index in [0.717, 1.165) is 33.5 Å². The highest BCUT2D eigenvalue weighted by atomic mass is 16.1. The Labute approximate surface area is 168 Å². The third-order valence-electron chi connectivity index (χ3n) is 5.20. The standard InChI is InChI=1S/C23H22N4O2/c1-14-19(12-13-22(29)25-18-10-8-17(9-11-18)16(3)28)15(2)27-23(24-14)20-6-4-5-7-21(20)26-27/h4-11H,12-13H2,1-3H3,(H,25,29). The van der Waals surface area contributed by atoms with Crippen molar-refractivity contribution >= 4 is 33.9 Å². The molecule has 6 nitrogen and oxygen atoms in total. The fourth-order valence-corrected chi connectivity index (χ4v) is 3.59. The Morgan fingerprint density at radius 3 is 2.48 bits per heavy atom. The van der Waals surface area contributed by atoms with Crippen molar-refractivity contribution in [3.8, 4) is 0 Å². The van der Waals surface area contributed by atoms with Crippen LogP contribution in [0.5, 0.6) is 0 Å². The first kappa shape index (κ1) is 18.8. The van der Waals surface area contributed by atoms with E-state index in [1.54, 1.807) is 24.3 Å². The van der Waals surface area contributed by atoms with Crippen LogP contribution in [0.1, 0.15) is 40.7 Å². The van der Waals surface area contributed by atoms with E-state index in [-0.39, 0.29) is 11.7 Å². The lowest BCUT2D eigenvalue weighted by molar-refractivity contribution is -0.116. The quantitative estimate of drug-likeness (QED) is 0.520. The molecule has 0 atom stereocenters. The molecule has 0 aliphatic carbocycles. The molecule has 0 fully saturated rings. The highest BCUT2D eigenvalue weighted by Gasteiger charge is 2.15. The maximum Gasteiger partial charge on any atom is 0.224 e. The zero-order valence-corrected chi connectivity index (χ0v) is 16.7. The van der Waals surface area contributed by atoms with E-state index in [4.69, 9.17) is 4.98 Å². The molecule has 146 valence electrons. The van der Waals surface area contributed by atoms with Crippen LogP contribution < -0.4 is 5.32 Å². The van der Waals surface area contributed by atoms with Gasteiger partial charge in [-0.3, -0.25) is 9.59 Å². The van der Waals surface area contributed by atoms with Gasteiger partial charge in [0.15, 0.2) is 11.4 Å². The SMILES string of the molecule is CC(=O)c1ccc(NC(=O)CCc2c(C)nc3c4ccccc4nn3c2C)cc1. The van der Waals surface area contributed by atoms with Gasteiger partial charge >= 0.3 is 0 Å². The Bertz CT molecular complexity index is 1240. The number of fused-ring (bicyclic) bond motifs is 3. The van der Waals surface area contributed by atoms with Gasteiger partial charge in [-0.25, -0.2) is 9.50 Å². The number of anilines is 1. The zero-order chi connectivity index (χ0) is 20.5. The Balaban J connectivity index is 1.52. The summed E-state index contributed by atoms with van der Waals surface area (Å²) in [7, 11) is 0. The molecule has 0 bridgehead atoms. The van der Waals surface area contributed by atoms with Crippen LogP contribution in [0.3, 0.4) is 0 Å². The number of benzene rings is 2. The summed E-state index contributed by atoms with van der Waals surface area (Å²) >= 11 is 0. The number of hydrogen-bond donors (Lipinski definition) is 1. The smallest absolute Gasteiger partial charge is 0.224 e. The summed E-state index contributed by atoms with van der Waals surface area (Å²) in [5.41, 5.74) is 6.01. The van der Waals surface area contributed by atoms with Gasteiger partial charge in [0.1, 0.15) is 0 Å². The van der Waals surface area contributed by atoms with Gasteiger partial charge in [-0.1, -0.05) is 12.1 Å². The second kappa shape index (κ2) is 7.47. The molecule has 1 N–H and O–H groups in total. The van der Waals surface area contributed by atoms with Gasteiger partial charge < -0.3 is 5.32 Å². The minimum Gasteiger partial charge on any atom is -0.326 e. The molecule has 2 aromatic carbocycles. The van der Waals surface area contributed by atoms with E-state index >= 15 is 0 Å². The summed E-state index contributed by atoms with van der Waals surface area (Å²) in [5.74, 6) is -0.0758. The topological polar surface area (TPSA) is 76.4 Å². The number of amides is 1. The zero-order valence-electron chi connectivity index (χ0n) is 16.7. The monoisotopic (exact) mass is 386 g/mol. The second-order valence-electron chi connectivity index (χ2n) is 7.20. The van der Waals surface area contributed by atoms with Crippen LogP contribution in [0, 0.1) is 13.8 Å². The Kier molecular flexibility index (Phi) is 4.84. The molecule has 29 heavy (non-hydrogen) atoms. The van der Waals surface area contributed by atoms with E-state index in [9.17, 15) is 9.59 Å². The average Bonchev–Trinajstić information content (AvgIpc) is 3.07. The molecule has 0 unspecified atom stereocenters. The molecule has 0 spiro atoms. The Morgan fingerprint density at radius 2 is 1.76 bits per heavy atom. The summed E-state index contributed by atoms with van der Waals surface area (Å²) in [6, 6.07) is 14.9. The molecule has 0 aliphatic rings. The van der Waals surface area contributed by atoms with E-state index in [2.05, 4.69) is 10.4 Å². The highest BCUT2D eigenvalue weighted by molar-refractivity contribution is 5.95. The summed E-state index contributed by atoms with van der Waals surface area (Å²) in [5, 5.41) is 8.57. The number of rotatable bonds is 5. The number of nitrogens with zero attached hydrogens (tertiary/aromatic N) is 3. The molecule has 2 heterocycles. The summed E-state index contributed by atoms with van der Waals surface area (Å²) in [6.45, 7) is 5.51. The van der Waals surface area contributed by atoms with Gasteiger partial charge in [0, 0.05) is 34.4 Å². The fourth-order valence-electron chi connectivity index (χ4n) is 3.59. The lowest BCUT2D eigenvalue weighted by Gasteiger charge is -2.11. The molecule has 4 aromatic rings. The molecule has 0 aliphatic heterocycles. The molecule has 4 rings (SSSR count). The van der Waals surface area contributed by atoms with Crippen LogP contribution >= 0.6 is 0 Å². The molecular weight excluding hydrogens is 364 g/mol. The number of carbonyl (C=O) groups is 2. The molecule has 0 saturated heterocycles. The van der Waals surface area contributed by atoms with Crippen molar-refractivity contribution in [3.63, 3.8) is 0 Å². The minimum absolute atomic E-state index is 0.00278. The third-order valence-corrected chi connectivity index (χ3v) is 5.20. The van der Waals surface area contributed by atoms with Crippen LogP contribution in [0.15, 0.2) is 48.5 Å². The van der Waals surface area contributed by atoms with Gasteiger partial charge in [-0.05, 0) is 69.2 Å². The van der Waals surface area contributed by atoms with Crippen LogP contribution in [-0.2, 0) is 11.2 Å². The molecule has 0 radical (unpaired) electrons. The van der Waals surface area contributed by atoms with E-state index in [0.29, 0.717) is 24.1 Å². The third kappa shape index (κ3) is 3.61. The van der Waals surface area contributed by atoms with Crippen LogP contribution in [0.4, 0.5) is 5.69 Å². The summed E-state index contributed by atoms with van der Waals surface area (Å²) < 4.78 is 1.87. The number of hydrogen-bond acceptors (Lipinski definition) is 4. The maximum absolute atomic E-state index is 12.4. The van der Waals surface area contributed by atoms with Crippen molar-refractivity contribution < 1.29 is 9.59 Å². The first-order valence-corrected chi connectivity index (χ1v) is 9.58. The number of Topliss-reactive ketones (excluding diaryl/α,β-unsaturated/α-hetero) is 1. The predicted octanol–water partition coefficient (Wildman–Crippen LogP) is 4.27.